The second-order valence-corrected chi connectivity index (χ2v) is 9.96. The topological polar surface area (TPSA) is 103 Å². The van der Waals surface area contributed by atoms with Crippen molar-refractivity contribution in [2.45, 2.75) is 31.1 Å². The van der Waals surface area contributed by atoms with Crippen LogP contribution in [0.25, 0.3) is 16.7 Å². The van der Waals surface area contributed by atoms with E-state index >= 15 is 0 Å². The van der Waals surface area contributed by atoms with Gasteiger partial charge in [-0.2, -0.15) is 5.10 Å². The summed E-state index contributed by atoms with van der Waals surface area (Å²) < 4.78 is 40.8. The fourth-order valence-corrected chi connectivity index (χ4v) is 4.48. The average molecular weight is 454 g/mol. The van der Waals surface area contributed by atoms with Crippen LogP contribution in [0.1, 0.15) is 36.9 Å². The summed E-state index contributed by atoms with van der Waals surface area (Å²) in [5, 5.41) is 4.83. The summed E-state index contributed by atoms with van der Waals surface area (Å²) in [6.07, 6.45) is 3.37. The average Bonchev–Trinajstić information content (AvgIpc) is 3.42. The highest BCUT2D eigenvalue weighted by Gasteiger charge is 2.27. The van der Waals surface area contributed by atoms with Crippen LogP contribution < -0.4 is 9.46 Å². The van der Waals surface area contributed by atoms with E-state index in [0.29, 0.717) is 16.7 Å². The first-order valence-corrected chi connectivity index (χ1v) is 11.4. The maximum Gasteiger partial charge on any atom is 0.300 e. The molecule has 0 saturated carbocycles. The highest BCUT2D eigenvalue weighted by molar-refractivity contribution is 7.90. The van der Waals surface area contributed by atoms with Crippen molar-refractivity contribution in [3.05, 3.63) is 72.2 Å². The molecule has 8 nitrogen and oxygen atoms in total. The van der Waals surface area contributed by atoms with Gasteiger partial charge in [0.05, 0.1) is 7.11 Å². The summed E-state index contributed by atoms with van der Waals surface area (Å²) in [6, 6.07) is 13.5. The van der Waals surface area contributed by atoms with Crippen molar-refractivity contribution in [1.29, 1.82) is 0 Å². The summed E-state index contributed by atoms with van der Waals surface area (Å²) in [4.78, 5) is 12.7. The number of methoxy groups -OCH3 is 1. The minimum Gasteiger partial charge on any atom is -0.495 e. The van der Waals surface area contributed by atoms with E-state index in [9.17, 15) is 13.2 Å². The number of benzene rings is 2. The van der Waals surface area contributed by atoms with Gasteiger partial charge < -0.3 is 9.15 Å². The largest absolute Gasteiger partial charge is 0.495 e. The number of ether oxygens (including phenoxy) is 1. The Bertz CT molecular complexity index is 1400. The molecule has 1 N–H and O–H groups in total. The number of carbonyl (C=O) groups excluding carboxylic acids is 1. The van der Waals surface area contributed by atoms with E-state index in [1.807, 2.05) is 20.8 Å². The van der Waals surface area contributed by atoms with E-state index in [4.69, 9.17) is 9.15 Å². The molecule has 0 fully saturated rings. The highest BCUT2D eigenvalue weighted by atomic mass is 32.2. The van der Waals surface area contributed by atoms with Crippen LogP contribution in [0, 0.1) is 0 Å². The zero-order valence-corrected chi connectivity index (χ0v) is 18.9. The molecule has 0 aliphatic carbocycles. The van der Waals surface area contributed by atoms with Crippen LogP contribution in [0.2, 0.25) is 0 Å². The Labute approximate surface area is 185 Å². The maximum atomic E-state index is 13.1. The minimum absolute atomic E-state index is 0.117. The Morgan fingerprint density at radius 1 is 1.12 bits per heavy atom. The zero-order chi connectivity index (χ0) is 23.1. The number of carbonyl (C=O) groups is 1. The van der Waals surface area contributed by atoms with Crippen LogP contribution in [0.3, 0.4) is 0 Å². The van der Waals surface area contributed by atoms with Crippen LogP contribution in [-0.4, -0.2) is 31.2 Å². The first-order valence-electron chi connectivity index (χ1n) is 9.88. The first kappa shape index (κ1) is 21.6. The van der Waals surface area contributed by atoms with Gasteiger partial charge in [0.2, 0.25) is 0 Å². The molecule has 2 heterocycles. The highest BCUT2D eigenvalue weighted by Crippen LogP contribution is 2.31. The second-order valence-electron chi connectivity index (χ2n) is 8.31. The van der Waals surface area contributed by atoms with Gasteiger partial charge in [0.15, 0.2) is 11.3 Å². The molecule has 0 unspecified atom stereocenters. The standard InChI is InChI=1S/C23H23N3O5S/c1-23(2,3)16-9-10-18(30-4)20(14-16)32(28,29)25-22(27)19-13-15-7-5-8-17(21(15)31-19)26-12-6-11-24-26/h5-14H,1-4H3,(H,25,27). The van der Waals surface area contributed by atoms with Gasteiger partial charge in [-0.25, -0.2) is 17.8 Å². The predicted molar refractivity (Wildman–Crippen MR) is 120 cm³/mol. The van der Waals surface area contributed by atoms with Crippen molar-refractivity contribution >= 4 is 26.9 Å². The molecule has 0 atom stereocenters. The third kappa shape index (κ3) is 3.99. The third-order valence-electron chi connectivity index (χ3n) is 5.04. The molecule has 0 saturated heterocycles. The van der Waals surface area contributed by atoms with E-state index in [0.717, 1.165) is 5.56 Å². The summed E-state index contributed by atoms with van der Waals surface area (Å²) in [5.41, 5.74) is 1.56. The molecule has 4 aromatic rings. The molecule has 4 rings (SSSR count). The van der Waals surface area contributed by atoms with Crippen LogP contribution in [-0.2, 0) is 15.4 Å². The number of amides is 1. The number of fused-ring (bicyclic) bond motifs is 1. The molecule has 9 heteroatoms. The number of hydrogen-bond donors (Lipinski definition) is 1. The van der Waals surface area contributed by atoms with Crippen LogP contribution in [0.4, 0.5) is 0 Å². The van der Waals surface area contributed by atoms with E-state index < -0.39 is 15.9 Å². The molecule has 0 bridgehead atoms. The van der Waals surface area contributed by atoms with Crippen molar-refractivity contribution < 1.29 is 22.4 Å². The van der Waals surface area contributed by atoms with Crippen LogP contribution >= 0.6 is 0 Å². The molecule has 2 aromatic heterocycles. The Morgan fingerprint density at radius 2 is 1.91 bits per heavy atom. The van der Waals surface area contributed by atoms with Crippen molar-refractivity contribution in [1.82, 2.24) is 14.5 Å². The summed E-state index contributed by atoms with van der Waals surface area (Å²) in [5.74, 6) is -0.867. The molecule has 2 aromatic carbocycles. The number of rotatable bonds is 5. The van der Waals surface area contributed by atoms with Gasteiger partial charge in [-0.05, 0) is 41.3 Å². The van der Waals surface area contributed by atoms with E-state index in [1.165, 1.54) is 19.2 Å². The number of para-hydroxylation sites is 1. The molecular weight excluding hydrogens is 430 g/mol. The molecular formula is C23H23N3O5S. The fourth-order valence-electron chi connectivity index (χ4n) is 3.33. The molecule has 0 aliphatic heterocycles. The zero-order valence-electron chi connectivity index (χ0n) is 18.1. The van der Waals surface area contributed by atoms with Gasteiger partial charge in [0.25, 0.3) is 10.0 Å². The van der Waals surface area contributed by atoms with Crippen LogP contribution in [0.5, 0.6) is 5.75 Å². The number of furan rings is 1. The molecule has 1 amide bonds. The lowest BCUT2D eigenvalue weighted by Crippen LogP contribution is -2.31. The SMILES string of the molecule is COc1ccc(C(C)(C)C)cc1S(=O)(=O)NC(=O)c1cc2cccc(-n3cccn3)c2o1. The first-order chi connectivity index (χ1) is 15.1. The Morgan fingerprint density at radius 3 is 2.56 bits per heavy atom. The van der Waals surface area contributed by atoms with Crippen molar-refractivity contribution in [3.63, 3.8) is 0 Å². The van der Waals surface area contributed by atoms with E-state index in [1.54, 1.807) is 53.5 Å². The number of nitrogens with one attached hydrogen (secondary N) is 1. The quantitative estimate of drug-likeness (QED) is 0.489. The van der Waals surface area contributed by atoms with E-state index in [2.05, 4.69) is 9.82 Å². The molecule has 32 heavy (non-hydrogen) atoms. The fraction of sp³-hybridized carbons (Fsp3) is 0.217. The van der Waals surface area contributed by atoms with Gasteiger partial charge in [-0.15, -0.1) is 0 Å². The molecule has 0 spiro atoms. The molecule has 166 valence electrons. The Hall–Kier alpha value is -3.59. The monoisotopic (exact) mass is 453 g/mol. The van der Waals surface area contributed by atoms with Crippen molar-refractivity contribution in [3.8, 4) is 11.4 Å². The number of nitrogens with zero attached hydrogens (tertiary/aromatic N) is 2. The van der Waals surface area contributed by atoms with Crippen molar-refractivity contribution in [2.24, 2.45) is 0 Å². The Balaban J connectivity index is 1.70. The van der Waals surface area contributed by atoms with Gasteiger partial charge >= 0.3 is 5.91 Å². The van der Waals surface area contributed by atoms with Gasteiger partial charge in [0, 0.05) is 17.8 Å². The number of hydrogen-bond acceptors (Lipinski definition) is 6. The smallest absolute Gasteiger partial charge is 0.300 e. The maximum absolute atomic E-state index is 13.1. The van der Waals surface area contributed by atoms with Gasteiger partial charge in [-0.1, -0.05) is 39.0 Å². The lowest BCUT2D eigenvalue weighted by atomic mass is 9.87. The third-order valence-corrected chi connectivity index (χ3v) is 6.40. The number of aromatic nitrogens is 2. The van der Waals surface area contributed by atoms with Gasteiger partial charge in [0.1, 0.15) is 16.3 Å². The number of sulfonamides is 1. The normalized spacial score (nSPS) is 12.1. The lowest BCUT2D eigenvalue weighted by Gasteiger charge is -2.21. The minimum atomic E-state index is -4.23. The van der Waals surface area contributed by atoms with Crippen LogP contribution in [0.15, 0.2) is 70.2 Å². The van der Waals surface area contributed by atoms with E-state index in [-0.39, 0.29) is 21.8 Å². The molecule has 0 radical (unpaired) electrons. The summed E-state index contributed by atoms with van der Waals surface area (Å²) in [6.45, 7) is 5.90. The van der Waals surface area contributed by atoms with Gasteiger partial charge in [-0.3, -0.25) is 4.79 Å². The second kappa shape index (κ2) is 7.83. The molecule has 0 aliphatic rings. The summed E-state index contributed by atoms with van der Waals surface area (Å²) in [7, 11) is -2.85. The van der Waals surface area contributed by atoms with Crippen molar-refractivity contribution in [2.75, 3.05) is 7.11 Å². The predicted octanol–water partition coefficient (Wildman–Crippen LogP) is 4.04. The Kier molecular flexibility index (Phi) is 5.29. The lowest BCUT2D eigenvalue weighted by molar-refractivity contribution is 0.0956. The summed E-state index contributed by atoms with van der Waals surface area (Å²) >= 11 is 0.